The summed E-state index contributed by atoms with van der Waals surface area (Å²) in [5.41, 5.74) is 4.38. The fraction of sp³-hybridized carbons (Fsp3) is 0.286. The van der Waals surface area contributed by atoms with Crippen LogP contribution in [0, 0.1) is 13.8 Å². The molecule has 1 aromatic carbocycles. The van der Waals surface area contributed by atoms with E-state index in [1.54, 1.807) is 0 Å². The Kier molecular flexibility index (Phi) is 3.77. The van der Waals surface area contributed by atoms with Crippen molar-refractivity contribution < 1.29 is 9.90 Å². The van der Waals surface area contributed by atoms with Gasteiger partial charge in [0.2, 0.25) is 0 Å². The molecule has 0 aliphatic heterocycles. The lowest BCUT2D eigenvalue weighted by molar-refractivity contribution is -0.136. The van der Waals surface area contributed by atoms with E-state index in [2.05, 4.69) is 37.0 Å². The van der Waals surface area contributed by atoms with Gasteiger partial charge < -0.3 is 5.11 Å². The number of aromatic nitrogens is 1. The van der Waals surface area contributed by atoms with Gasteiger partial charge in [-0.25, -0.2) is 4.98 Å². The second-order valence-corrected chi connectivity index (χ2v) is 5.35. The van der Waals surface area contributed by atoms with Gasteiger partial charge in [0.15, 0.2) is 0 Å². The van der Waals surface area contributed by atoms with Gasteiger partial charge in [-0.2, -0.15) is 0 Å². The molecule has 0 bridgehead atoms. The number of benzene rings is 1. The van der Waals surface area contributed by atoms with Gasteiger partial charge in [-0.05, 0) is 25.0 Å². The fourth-order valence-electron chi connectivity index (χ4n) is 1.82. The van der Waals surface area contributed by atoms with E-state index < -0.39 is 5.97 Å². The molecule has 1 N–H and O–H groups in total. The first-order chi connectivity index (χ1) is 8.54. The molecule has 0 aliphatic rings. The molecule has 0 saturated carbocycles. The summed E-state index contributed by atoms with van der Waals surface area (Å²) in [6.45, 7) is 4.15. The Morgan fingerprint density at radius 2 is 2.17 bits per heavy atom. The summed E-state index contributed by atoms with van der Waals surface area (Å²) in [6, 6.07) is 6.36. The molecule has 1 aromatic heterocycles. The molecule has 4 heteroatoms. The lowest BCUT2D eigenvalue weighted by atomic mass is 10.0. The maximum Gasteiger partial charge on any atom is 0.309 e. The molecule has 1 heterocycles. The van der Waals surface area contributed by atoms with Crippen molar-refractivity contribution >= 4 is 17.3 Å². The van der Waals surface area contributed by atoms with Gasteiger partial charge in [0.1, 0.15) is 0 Å². The number of hydrogen-bond acceptors (Lipinski definition) is 3. The van der Waals surface area contributed by atoms with E-state index in [-0.39, 0.29) is 6.42 Å². The van der Waals surface area contributed by atoms with Crippen molar-refractivity contribution in [2.45, 2.75) is 26.7 Å². The van der Waals surface area contributed by atoms with Gasteiger partial charge in [0.25, 0.3) is 0 Å². The Labute approximate surface area is 110 Å². The highest BCUT2D eigenvalue weighted by Crippen LogP contribution is 2.18. The van der Waals surface area contributed by atoms with E-state index >= 15 is 0 Å². The Hall–Kier alpha value is -1.68. The maximum atomic E-state index is 10.6. The van der Waals surface area contributed by atoms with Crippen molar-refractivity contribution in [2.24, 2.45) is 0 Å². The summed E-state index contributed by atoms with van der Waals surface area (Å²) in [4.78, 5) is 15.0. The van der Waals surface area contributed by atoms with Crippen LogP contribution >= 0.6 is 11.3 Å². The largest absolute Gasteiger partial charge is 0.481 e. The Morgan fingerprint density at radius 3 is 2.89 bits per heavy atom. The van der Waals surface area contributed by atoms with Gasteiger partial charge in [0.05, 0.1) is 17.1 Å². The molecule has 2 rings (SSSR count). The normalized spacial score (nSPS) is 10.6. The third-order valence-corrected chi connectivity index (χ3v) is 3.68. The van der Waals surface area contributed by atoms with Crippen LogP contribution in [0.2, 0.25) is 0 Å². The van der Waals surface area contributed by atoms with E-state index in [1.165, 1.54) is 28.0 Å². The number of aliphatic carboxylic acids is 1. The number of nitrogens with zero attached hydrogens (tertiary/aromatic N) is 1. The number of rotatable bonds is 4. The second kappa shape index (κ2) is 5.31. The quantitative estimate of drug-likeness (QED) is 0.920. The van der Waals surface area contributed by atoms with Gasteiger partial charge in [-0.15, -0.1) is 11.3 Å². The Morgan fingerprint density at radius 1 is 1.39 bits per heavy atom. The van der Waals surface area contributed by atoms with Gasteiger partial charge in [0, 0.05) is 11.8 Å². The van der Waals surface area contributed by atoms with E-state index in [9.17, 15) is 4.79 Å². The van der Waals surface area contributed by atoms with Gasteiger partial charge in [-0.1, -0.05) is 23.8 Å². The topological polar surface area (TPSA) is 50.2 Å². The maximum absolute atomic E-state index is 10.6. The third-order valence-electron chi connectivity index (χ3n) is 2.78. The predicted octanol–water partition coefficient (Wildman–Crippen LogP) is 2.98. The van der Waals surface area contributed by atoms with Crippen molar-refractivity contribution in [1.82, 2.24) is 4.98 Å². The molecular formula is C14H15NO2S. The van der Waals surface area contributed by atoms with Gasteiger partial charge >= 0.3 is 5.97 Å². The fourth-order valence-corrected chi connectivity index (χ4v) is 2.64. The molecular weight excluding hydrogens is 246 g/mol. The lowest BCUT2D eigenvalue weighted by Gasteiger charge is -2.04. The molecule has 0 radical (unpaired) electrons. The first kappa shape index (κ1) is 12.8. The first-order valence-corrected chi connectivity index (χ1v) is 6.64. The van der Waals surface area contributed by atoms with Crippen LogP contribution in [0.15, 0.2) is 23.6 Å². The summed E-state index contributed by atoms with van der Waals surface area (Å²) in [7, 11) is 0. The Balaban J connectivity index is 2.16. The molecule has 18 heavy (non-hydrogen) atoms. The van der Waals surface area contributed by atoms with Crippen LogP contribution in [0.3, 0.4) is 0 Å². The molecule has 0 saturated heterocycles. The number of carboxylic acids is 1. The smallest absolute Gasteiger partial charge is 0.309 e. The Bertz CT molecular complexity index is 575. The molecule has 0 atom stereocenters. The second-order valence-electron chi connectivity index (χ2n) is 4.41. The monoisotopic (exact) mass is 261 g/mol. The summed E-state index contributed by atoms with van der Waals surface area (Å²) in [5, 5.41) is 11.5. The van der Waals surface area contributed by atoms with Crippen LogP contribution in [-0.4, -0.2) is 16.1 Å². The van der Waals surface area contributed by atoms with Gasteiger partial charge in [-0.3, -0.25) is 4.79 Å². The number of aryl methyl sites for hydroxylation is 2. The van der Waals surface area contributed by atoms with Crippen molar-refractivity contribution in [3.05, 3.63) is 51.0 Å². The number of hydrogen-bond donors (Lipinski definition) is 1. The summed E-state index contributed by atoms with van der Waals surface area (Å²) >= 11 is 1.53. The highest BCUT2D eigenvalue weighted by Gasteiger charge is 2.08. The molecule has 0 spiro atoms. The molecule has 94 valence electrons. The average molecular weight is 261 g/mol. The minimum absolute atomic E-state index is 0.00327. The highest BCUT2D eigenvalue weighted by atomic mass is 32.1. The molecule has 2 aromatic rings. The van der Waals surface area contributed by atoms with Crippen LogP contribution in [0.25, 0.3) is 0 Å². The zero-order valence-electron chi connectivity index (χ0n) is 10.4. The SMILES string of the molecule is Cc1ccc(C)c(Cc2nc(CC(=O)O)cs2)c1. The molecule has 0 amide bonds. The average Bonchev–Trinajstić information content (AvgIpc) is 2.70. The van der Waals surface area contributed by atoms with Crippen LogP contribution in [-0.2, 0) is 17.6 Å². The van der Waals surface area contributed by atoms with E-state index in [1.807, 2.05) is 5.38 Å². The van der Waals surface area contributed by atoms with Crippen LogP contribution < -0.4 is 0 Å². The predicted molar refractivity (Wildman–Crippen MR) is 72.2 cm³/mol. The zero-order chi connectivity index (χ0) is 13.1. The summed E-state index contributed by atoms with van der Waals surface area (Å²) in [6.07, 6.45) is 0.779. The minimum atomic E-state index is -0.835. The molecule has 3 nitrogen and oxygen atoms in total. The number of carbonyl (C=O) groups is 1. The lowest BCUT2D eigenvalue weighted by Crippen LogP contribution is -2.00. The van der Waals surface area contributed by atoms with Crippen LogP contribution in [0.1, 0.15) is 27.4 Å². The van der Waals surface area contributed by atoms with E-state index in [4.69, 9.17) is 5.11 Å². The summed E-state index contributed by atoms with van der Waals surface area (Å²) in [5.74, 6) is -0.835. The highest BCUT2D eigenvalue weighted by molar-refractivity contribution is 7.09. The third kappa shape index (κ3) is 3.17. The minimum Gasteiger partial charge on any atom is -0.481 e. The van der Waals surface area contributed by atoms with Crippen molar-refractivity contribution in [3.63, 3.8) is 0 Å². The number of carboxylic acid groups (broad SMARTS) is 1. The molecule has 0 aliphatic carbocycles. The zero-order valence-corrected chi connectivity index (χ0v) is 11.3. The van der Waals surface area contributed by atoms with Crippen molar-refractivity contribution in [2.75, 3.05) is 0 Å². The first-order valence-electron chi connectivity index (χ1n) is 5.76. The van der Waals surface area contributed by atoms with Crippen LogP contribution in [0.4, 0.5) is 0 Å². The van der Waals surface area contributed by atoms with E-state index in [0.717, 1.165) is 11.4 Å². The molecule has 0 unspecified atom stereocenters. The molecule has 0 fully saturated rings. The number of thiazole rings is 1. The van der Waals surface area contributed by atoms with Crippen LogP contribution in [0.5, 0.6) is 0 Å². The summed E-state index contributed by atoms with van der Waals surface area (Å²) < 4.78 is 0. The van der Waals surface area contributed by atoms with E-state index in [0.29, 0.717) is 5.69 Å². The standard InChI is InChI=1S/C14H15NO2S/c1-9-3-4-10(2)11(5-9)6-13-15-12(8-18-13)7-14(16)17/h3-5,8H,6-7H2,1-2H3,(H,16,17). The van der Waals surface area contributed by atoms with Crippen molar-refractivity contribution in [1.29, 1.82) is 0 Å². The van der Waals surface area contributed by atoms with Crippen molar-refractivity contribution in [3.8, 4) is 0 Å².